The van der Waals surface area contributed by atoms with Crippen molar-refractivity contribution in [2.45, 2.75) is 25.2 Å². The first-order valence-electron chi connectivity index (χ1n) is 9.37. The molecule has 2 aliphatic rings. The van der Waals surface area contributed by atoms with Gasteiger partial charge in [0, 0.05) is 19.0 Å². The Bertz CT molecular complexity index is 956. The summed E-state index contributed by atoms with van der Waals surface area (Å²) in [7, 11) is 0. The average Bonchev–Trinajstić information content (AvgIpc) is 3.34. The number of H-pyrrole nitrogens is 1. The minimum atomic E-state index is 0.164. The number of hydrogen-bond acceptors (Lipinski definition) is 4. The molecule has 3 aromatic rings. The van der Waals surface area contributed by atoms with Crippen LogP contribution in [0.3, 0.4) is 0 Å². The normalized spacial score (nSPS) is 16.8. The number of fused-ring (bicyclic) bond motifs is 2. The Balaban J connectivity index is 1.21. The van der Waals surface area contributed by atoms with Crippen LogP contribution >= 0.6 is 0 Å². The zero-order valence-corrected chi connectivity index (χ0v) is 15.0. The van der Waals surface area contributed by atoms with Crippen LogP contribution in [-0.4, -0.2) is 40.7 Å². The highest BCUT2D eigenvalue weighted by molar-refractivity contribution is 5.79. The molecular weight excluding hydrogens is 342 g/mol. The Morgan fingerprint density at radius 3 is 2.78 bits per heavy atom. The molecule has 1 amide bonds. The van der Waals surface area contributed by atoms with E-state index in [0.717, 1.165) is 59.9 Å². The number of carbonyl (C=O) groups excluding carboxylic acids is 1. The fraction of sp³-hybridized carbons (Fsp3) is 0.333. The first-order valence-corrected chi connectivity index (χ1v) is 9.37. The number of para-hydroxylation sites is 2. The van der Waals surface area contributed by atoms with Gasteiger partial charge in [-0.2, -0.15) is 0 Å². The van der Waals surface area contributed by atoms with Gasteiger partial charge < -0.3 is 19.4 Å². The van der Waals surface area contributed by atoms with Gasteiger partial charge in [0.1, 0.15) is 5.82 Å². The van der Waals surface area contributed by atoms with Crippen molar-refractivity contribution in [2.75, 3.05) is 19.9 Å². The van der Waals surface area contributed by atoms with Crippen LogP contribution in [0, 0.1) is 0 Å². The van der Waals surface area contributed by atoms with E-state index in [0.29, 0.717) is 12.3 Å². The Hall–Kier alpha value is -3.02. The first kappa shape index (κ1) is 16.2. The van der Waals surface area contributed by atoms with Gasteiger partial charge in [-0.15, -0.1) is 0 Å². The number of imidazole rings is 1. The SMILES string of the molecule is O=C(Cc1ccc2c(c1)OCO2)N1CCC(c2nc3ccccc3[nH]2)CC1. The molecule has 138 valence electrons. The number of carbonyl (C=O) groups is 1. The number of likely N-dealkylation sites (tertiary alicyclic amines) is 1. The maximum absolute atomic E-state index is 12.7. The minimum absolute atomic E-state index is 0.164. The van der Waals surface area contributed by atoms with Gasteiger partial charge in [-0.05, 0) is 42.7 Å². The molecular formula is C21H21N3O3. The third-order valence-electron chi connectivity index (χ3n) is 5.43. The van der Waals surface area contributed by atoms with Crippen LogP contribution in [0.2, 0.25) is 0 Å². The lowest BCUT2D eigenvalue weighted by Crippen LogP contribution is -2.39. The van der Waals surface area contributed by atoms with Crippen LogP contribution in [0.1, 0.15) is 30.1 Å². The van der Waals surface area contributed by atoms with E-state index in [2.05, 4.69) is 11.1 Å². The third kappa shape index (κ3) is 3.12. The van der Waals surface area contributed by atoms with Crippen molar-refractivity contribution >= 4 is 16.9 Å². The molecule has 0 atom stereocenters. The summed E-state index contributed by atoms with van der Waals surface area (Å²) in [6.07, 6.45) is 2.27. The number of hydrogen-bond donors (Lipinski definition) is 1. The highest BCUT2D eigenvalue weighted by Gasteiger charge is 2.26. The summed E-state index contributed by atoms with van der Waals surface area (Å²) in [5.41, 5.74) is 3.05. The van der Waals surface area contributed by atoms with Crippen LogP contribution in [0.15, 0.2) is 42.5 Å². The predicted molar refractivity (Wildman–Crippen MR) is 101 cm³/mol. The molecule has 0 saturated carbocycles. The second kappa shape index (κ2) is 6.61. The summed E-state index contributed by atoms with van der Waals surface area (Å²) in [4.78, 5) is 22.8. The van der Waals surface area contributed by atoms with Gasteiger partial charge >= 0.3 is 0 Å². The quantitative estimate of drug-likeness (QED) is 0.776. The fourth-order valence-electron chi connectivity index (χ4n) is 3.91. The monoisotopic (exact) mass is 363 g/mol. The van der Waals surface area contributed by atoms with E-state index in [9.17, 15) is 4.79 Å². The molecule has 1 fully saturated rings. The topological polar surface area (TPSA) is 67.5 Å². The van der Waals surface area contributed by atoms with Crippen LogP contribution in [0.5, 0.6) is 11.5 Å². The minimum Gasteiger partial charge on any atom is -0.454 e. The largest absolute Gasteiger partial charge is 0.454 e. The number of piperidine rings is 1. The maximum atomic E-state index is 12.7. The van der Waals surface area contributed by atoms with Crippen molar-refractivity contribution in [1.29, 1.82) is 0 Å². The lowest BCUT2D eigenvalue weighted by Gasteiger charge is -2.31. The molecule has 0 radical (unpaired) electrons. The summed E-state index contributed by atoms with van der Waals surface area (Å²) in [5, 5.41) is 0. The number of nitrogens with zero attached hydrogens (tertiary/aromatic N) is 2. The molecule has 6 heteroatoms. The molecule has 0 aliphatic carbocycles. The van der Waals surface area contributed by atoms with Crippen LogP contribution in [-0.2, 0) is 11.2 Å². The number of rotatable bonds is 3. The number of aromatic amines is 1. The van der Waals surface area contributed by atoms with Crippen molar-refractivity contribution in [2.24, 2.45) is 0 Å². The van der Waals surface area contributed by atoms with E-state index in [1.165, 1.54) is 0 Å². The number of nitrogens with one attached hydrogen (secondary N) is 1. The lowest BCUT2D eigenvalue weighted by molar-refractivity contribution is -0.131. The van der Waals surface area contributed by atoms with Gasteiger partial charge in [0.05, 0.1) is 17.5 Å². The standard InChI is InChI=1S/C21H21N3O3/c25-20(12-14-5-6-18-19(11-14)27-13-26-18)24-9-7-15(8-10-24)21-22-16-3-1-2-4-17(16)23-21/h1-6,11,15H,7-10,12-13H2,(H,22,23). The molecule has 5 rings (SSSR count). The summed E-state index contributed by atoms with van der Waals surface area (Å²) in [6, 6.07) is 13.8. The Labute approximate surface area is 157 Å². The zero-order valence-electron chi connectivity index (χ0n) is 15.0. The van der Waals surface area contributed by atoms with E-state index in [4.69, 9.17) is 14.5 Å². The molecule has 2 aliphatic heterocycles. The molecule has 0 unspecified atom stereocenters. The van der Waals surface area contributed by atoms with E-state index in [1.807, 2.05) is 41.3 Å². The summed E-state index contributed by atoms with van der Waals surface area (Å²) >= 11 is 0. The molecule has 0 spiro atoms. The molecule has 1 saturated heterocycles. The molecule has 3 heterocycles. The smallest absolute Gasteiger partial charge is 0.231 e. The Kier molecular flexibility index (Phi) is 3.96. The highest BCUT2D eigenvalue weighted by atomic mass is 16.7. The van der Waals surface area contributed by atoms with Crippen LogP contribution in [0.4, 0.5) is 0 Å². The average molecular weight is 363 g/mol. The summed E-state index contributed by atoms with van der Waals surface area (Å²) in [5.74, 6) is 3.06. The van der Waals surface area contributed by atoms with Crippen molar-refractivity contribution in [3.63, 3.8) is 0 Å². The number of ether oxygens (including phenoxy) is 2. The van der Waals surface area contributed by atoms with Gasteiger partial charge in [0.25, 0.3) is 0 Å². The maximum Gasteiger partial charge on any atom is 0.231 e. The first-order chi connectivity index (χ1) is 13.3. The lowest BCUT2D eigenvalue weighted by atomic mass is 9.95. The number of aromatic nitrogens is 2. The molecule has 27 heavy (non-hydrogen) atoms. The van der Waals surface area contributed by atoms with Gasteiger partial charge in [-0.25, -0.2) is 4.98 Å². The Morgan fingerprint density at radius 1 is 1.11 bits per heavy atom. The number of amides is 1. The van der Waals surface area contributed by atoms with Gasteiger partial charge in [0.2, 0.25) is 12.7 Å². The van der Waals surface area contributed by atoms with Crippen molar-refractivity contribution in [3.8, 4) is 11.5 Å². The second-order valence-electron chi connectivity index (χ2n) is 7.16. The molecule has 1 N–H and O–H groups in total. The number of benzene rings is 2. The van der Waals surface area contributed by atoms with Gasteiger partial charge in [0.15, 0.2) is 11.5 Å². The fourth-order valence-corrected chi connectivity index (χ4v) is 3.91. The molecule has 0 bridgehead atoms. The van der Waals surface area contributed by atoms with E-state index in [-0.39, 0.29) is 12.7 Å². The second-order valence-corrected chi connectivity index (χ2v) is 7.16. The zero-order chi connectivity index (χ0) is 18.2. The van der Waals surface area contributed by atoms with Crippen molar-refractivity contribution in [1.82, 2.24) is 14.9 Å². The van der Waals surface area contributed by atoms with Crippen LogP contribution in [0.25, 0.3) is 11.0 Å². The molecule has 6 nitrogen and oxygen atoms in total. The van der Waals surface area contributed by atoms with Crippen LogP contribution < -0.4 is 9.47 Å². The van der Waals surface area contributed by atoms with E-state index >= 15 is 0 Å². The summed E-state index contributed by atoms with van der Waals surface area (Å²) < 4.78 is 10.7. The van der Waals surface area contributed by atoms with Crippen molar-refractivity contribution in [3.05, 3.63) is 53.9 Å². The molecule has 2 aromatic carbocycles. The van der Waals surface area contributed by atoms with Gasteiger partial charge in [-0.1, -0.05) is 18.2 Å². The van der Waals surface area contributed by atoms with Crippen molar-refractivity contribution < 1.29 is 14.3 Å². The van der Waals surface area contributed by atoms with Gasteiger partial charge in [-0.3, -0.25) is 4.79 Å². The Morgan fingerprint density at radius 2 is 1.93 bits per heavy atom. The highest BCUT2D eigenvalue weighted by Crippen LogP contribution is 2.33. The van der Waals surface area contributed by atoms with E-state index in [1.54, 1.807) is 0 Å². The predicted octanol–water partition coefficient (Wildman–Crippen LogP) is 3.24. The summed E-state index contributed by atoms with van der Waals surface area (Å²) in [6.45, 7) is 1.79. The van der Waals surface area contributed by atoms with E-state index < -0.39 is 0 Å². The third-order valence-corrected chi connectivity index (χ3v) is 5.43. The molecule has 1 aromatic heterocycles.